The number of nitrogens with zero attached hydrogens (tertiary/aromatic N) is 1. The largest absolute Gasteiger partial charge is 0.384 e. The van der Waals surface area contributed by atoms with Crippen LogP contribution in [0.4, 0.5) is 5.69 Å². The lowest BCUT2D eigenvalue weighted by molar-refractivity contribution is -0.130. The maximum absolute atomic E-state index is 12.7. The van der Waals surface area contributed by atoms with Crippen molar-refractivity contribution in [3.05, 3.63) is 28.2 Å². The molecule has 0 radical (unpaired) electrons. The summed E-state index contributed by atoms with van der Waals surface area (Å²) >= 11 is 3.39. The molecule has 1 fully saturated rings. The Morgan fingerprint density at radius 1 is 1.52 bits per heavy atom. The summed E-state index contributed by atoms with van der Waals surface area (Å²) in [4.78, 5) is 12.7. The van der Waals surface area contributed by atoms with Crippen LogP contribution in [-0.4, -0.2) is 32.7 Å². The van der Waals surface area contributed by atoms with Gasteiger partial charge >= 0.3 is 0 Å². The van der Waals surface area contributed by atoms with Gasteiger partial charge in [-0.1, -0.05) is 0 Å². The number of carbonyl (C=O) groups is 1. The first-order chi connectivity index (χ1) is 10.1. The Balaban J connectivity index is 2.17. The van der Waals surface area contributed by atoms with Gasteiger partial charge in [-0.2, -0.15) is 5.26 Å². The lowest BCUT2D eigenvalue weighted by Crippen LogP contribution is -2.47. The van der Waals surface area contributed by atoms with Crippen molar-refractivity contribution in [1.82, 2.24) is 5.32 Å². The molecule has 0 unspecified atom stereocenters. The minimum atomic E-state index is -0.493. The molecule has 1 heterocycles. The molecule has 2 rings (SSSR count). The molecule has 2 N–H and O–H groups in total. The lowest BCUT2D eigenvalue weighted by Gasteiger charge is -2.35. The quantitative estimate of drug-likeness (QED) is 0.872. The first-order valence-corrected chi connectivity index (χ1v) is 7.61. The lowest BCUT2D eigenvalue weighted by atomic mass is 9.78. The average molecular weight is 352 g/mol. The molecule has 0 atom stereocenters. The van der Waals surface area contributed by atoms with Gasteiger partial charge in [0.05, 0.1) is 29.3 Å². The number of amides is 1. The Morgan fingerprint density at radius 2 is 2.24 bits per heavy atom. The Kier molecular flexibility index (Phi) is 5.34. The van der Waals surface area contributed by atoms with Crippen LogP contribution in [0.2, 0.25) is 0 Å². The van der Waals surface area contributed by atoms with Crippen molar-refractivity contribution >= 4 is 27.5 Å². The van der Waals surface area contributed by atoms with Gasteiger partial charge in [-0.3, -0.25) is 4.79 Å². The Labute approximate surface area is 132 Å². The standard InChI is InChI=1S/C15H18BrN3O2/c1-21-10-15(4-6-18-7-5-15)14(20)19-13-3-2-11(9-17)8-12(13)16/h2-3,8,18H,4-7,10H2,1H3,(H,19,20). The SMILES string of the molecule is COCC1(C(=O)Nc2ccc(C#N)cc2Br)CCNCC1. The number of anilines is 1. The number of carbonyl (C=O) groups excluding carboxylic acids is 1. The zero-order chi connectivity index (χ0) is 15.3. The zero-order valence-corrected chi connectivity index (χ0v) is 13.5. The molecule has 1 aromatic carbocycles. The van der Waals surface area contributed by atoms with E-state index < -0.39 is 5.41 Å². The second kappa shape index (κ2) is 7.03. The Bertz CT molecular complexity index is 557. The van der Waals surface area contributed by atoms with E-state index in [0.717, 1.165) is 25.9 Å². The topological polar surface area (TPSA) is 74.1 Å². The van der Waals surface area contributed by atoms with Gasteiger partial charge in [-0.15, -0.1) is 0 Å². The van der Waals surface area contributed by atoms with Gasteiger partial charge in [0.25, 0.3) is 0 Å². The number of nitrogens with one attached hydrogen (secondary N) is 2. The van der Waals surface area contributed by atoms with Gasteiger partial charge in [-0.25, -0.2) is 0 Å². The monoisotopic (exact) mass is 351 g/mol. The third-order valence-electron chi connectivity index (χ3n) is 3.81. The minimum absolute atomic E-state index is 0.0312. The zero-order valence-electron chi connectivity index (χ0n) is 11.9. The summed E-state index contributed by atoms with van der Waals surface area (Å²) in [5.41, 5.74) is 0.731. The fourth-order valence-electron chi connectivity index (χ4n) is 2.56. The smallest absolute Gasteiger partial charge is 0.233 e. The molecule has 1 aliphatic rings. The molecule has 1 aliphatic heterocycles. The molecular formula is C15H18BrN3O2. The van der Waals surface area contributed by atoms with Crippen molar-refractivity contribution in [1.29, 1.82) is 5.26 Å². The third kappa shape index (κ3) is 3.62. The van der Waals surface area contributed by atoms with Crippen LogP contribution < -0.4 is 10.6 Å². The molecule has 5 nitrogen and oxygen atoms in total. The van der Waals surface area contributed by atoms with E-state index in [2.05, 4.69) is 32.6 Å². The van der Waals surface area contributed by atoms with E-state index in [1.807, 2.05) is 0 Å². The Hall–Kier alpha value is -1.42. The van der Waals surface area contributed by atoms with Crippen LogP contribution in [0.25, 0.3) is 0 Å². The molecule has 0 saturated carbocycles. The second-order valence-corrected chi connectivity index (χ2v) is 6.08. The summed E-state index contributed by atoms with van der Waals surface area (Å²) in [7, 11) is 1.62. The molecule has 6 heteroatoms. The molecule has 1 amide bonds. The highest BCUT2D eigenvalue weighted by Crippen LogP contribution is 2.32. The number of nitriles is 1. The van der Waals surface area contributed by atoms with E-state index in [-0.39, 0.29) is 5.91 Å². The van der Waals surface area contributed by atoms with E-state index in [4.69, 9.17) is 10.00 Å². The molecule has 1 saturated heterocycles. The maximum atomic E-state index is 12.7. The average Bonchev–Trinajstić information content (AvgIpc) is 2.50. The van der Waals surface area contributed by atoms with Crippen LogP contribution in [0.15, 0.2) is 22.7 Å². The van der Waals surface area contributed by atoms with Crippen LogP contribution in [-0.2, 0) is 9.53 Å². The predicted octanol–water partition coefficient (Wildman–Crippen LogP) is 2.28. The number of rotatable bonds is 4. The predicted molar refractivity (Wildman–Crippen MR) is 83.9 cm³/mol. The van der Waals surface area contributed by atoms with Crippen molar-refractivity contribution in [3.8, 4) is 6.07 Å². The Morgan fingerprint density at radius 3 is 2.81 bits per heavy atom. The normalized spacial score (nSPS) is 17.0. The number of benzene rings is 1. The third-order valence-corrected chi connectivity index (χ3v) is 4.47. The van der Waals surface area contributed by atoms with Crippen molar-refractivity contribution < 1.29 is 9.53 Å². The van der Waals surface area contributed by atoms with E-state index in [1.54, 1.807) is 25.3 Å². The van der Waals surface area contributed by atoms with Crippen molar-refractivity contribution in [2.45, 2.75) is 12.8 Å². The van der Waals surface area contributed by atoms with E-state index in [0.29, 0.717) is 22.3 Å². The highest BCUT2D eigenvalue weighted by Gasteiger charge is 2.39. The van der Waals surface area contributed by atoms with Crippen molar-refractivity contribution in [2.75, 3.05) is 32.1 Å². The van der Waals surface area contributed by atoms with Crippen LogP contribution >= 0.6 is 15.9 Å². The van der Waals surface area contributed by atoms with Gasteiger partial charge in [0.1, 0.15) is 0 Å². The van der Waals surface area contributed by atoms with Gasteiger partial charge in [0.15, 0.2) is 0 Å². The summed E-state index contributed by atoms with van der Waals surface area (Å²) in [6.07, 6.45) is 1.50. The number of hydrogen-bond donors (Lipinski definition) is 2. The van der Waals surface area contributed by atoms with Gasteiger partial charge in [0, 0.05) is 11.6 Å². The molecule has 0 bridgehead atoms. The van der Waals surface area contributed by atoms with Crippen LogP contribution in [0, 0.1) is 16.7 Å². The molecule has 112 valence electrons. The highest BCUT2D eigenvalue weighted by molar-refractivity contribution is 9.10. The fourth-order valence-corrected chi connectivity index (χ4v) is 3.04. The summed E-state index contributed by atoms with van der Waals surface area (Å²) < 4.78 is 5.97. The minimum Gasteiger partial charge on any atom is -0.384 e. The van der Waals surface area contributed by atoms with Gasteiger partial charge in [0.2, 0.25) is 5.91 Å². The fraction of sp³-hybridized carbons (Fsp3) is 0.467. The maximum Gasteiger partial charge on any atom is 0.233 e. The van der Waals surface area contributed by atoms with E-state index >= 15 is 0 Å². The number of hydrogen-bond acceptors (Lipinski definition) is 4. The van der Waals surface area contributed by atoms with Crippen molar-refractivity contribution in [2.24, 2.45) is 5.41 Å². The summed E-state index contributed by atoms with van der Waals surface area (Å²) in [6, 6.07) is 7.19. The molecule has 0 aromatic heterocycles. The number of halogens is 1. The molecule has 0 spiro atoms. The van der Waals surface area contributed by atoms with Crippen LogP contribution in [0.5, 0.6) is 0 Å². The first-order valence-electron chi connectivity index (χ1n) is 6.82. The van der Waals surface area contributed by atoms with E-state index in [9.17, 15) is 4.79 Å². The molecular weight excluding hydrogens is 334 g/mol. The van der Waals surface area contributed by atoms with Crippen LogP contribution in [0.3, 0.4) is 0 Å². The summed E-state index contributed by atoms with van der Waals surface area (Å²) in [6.45, 7) is 2.03. The second-order valence-electron chi connectivity index (χ2n) is 5.22. The molecule has 1 aromatic rings. The number of piperidine rings is 1. The van der Waals surface area contributed by atoms with Crippen LogP contribution in [0.1, 0.15) is 18.4 Å². The number of ether oxygens (including phenoxy) is 1. The number of methoxy groups -OCH3 is 1. The van der Waals surface area contributed by atoms with Gasteiger partial charge in [-0.05, 0) is 60.1 Å². The molecule has 0 aliphatic carbocycles. The van der Waals surface area contributed by atoms with Crippen molar-refractivity contribution in [3.63, 3.8) is 0 Å². The van der Waals surface area contributed by atoms with Gasteiger partial charge < -0.3 is 15.4 Å². The molecule has 21 heavy (non-hydrogen) atoms. The first kappa shape index (κ1) is 16.0. The highest BCUT2D eigenvalue weighted by atomic mass is 79.9. The van der Waals surface area contributed by atoms with E-state index in [1.165, 1.54) is 0 Å². The summed E-state index contributed by atoms with van der Waals surface area (Å²) in [5.74, 6) is -0.0312. The summed E-state index contributed by atoms with van der Waals surface area (Å²) in [5, 5.41) is 15.1.